The van der Waals surface area contributed by atoms with Crippen LogP contribution < -0.4 is 10.2 Å². The van der Waals surface area contributed by atoms with E-state index in [1.54, 1.807) is 0 Å². The summed E-state index contributed by atoms with van der Waals surface area (Å²) in [6, 6.07) is 1.05. The minimum Gasteiger partial charge on any atom is -0.363 e. The first-order valence-corrected chi connectivity index (χ1v) is 8.26. The van der Waals surface area contributed by atoms with E-state index in [1.165, 1.54) is 11.4 Å². The average molecular weight is 292 g/mol. The van der Waals surface area contributed by atoms with Gasteiger partial charge < -0.3 is 10.2 Å². The van der Waals surface area contributed by atoms with E-state index in [9.17, 15) is 0 Å². The van der Waals surface area contributed by atoms with E-state index < -0.39 is 0 Å². The number of nitrogens with zero attached hydrogens (tertiary/aromatic N) is 3. The first kappa shape index (κ1) is 16.3. The fourth-order valence-electron chi connectivity index (χ4n) is 3.24. The molecule has 0 amide bonds. The van der Waals surface area contributed by atoms with E-state index in [-0.39, 0.29) is 5.41 Å². The van der Waals surface area contributed by atoms with Gasteiger partial charge in [0.2, 0.25) is 0 Å². The van der Waals surface area contributed by atoms with Crippen LogP contribution in [-0.2, 0) is 13.5 Å². The molecule has 2 heterocycles. The Hall–Kier alpha value is -1.03. The van der Waals surface area contributed by atoms with Gasteiger partial charge in [-0.2, -0.15) is 5.10 Å². The summed E-state index contributed by atoms with van der Waals surface area (Å²) in [4.78, 5) is 2.60. The molecule has 120 valence electrons. The molecule has 4 nitrogen and oxygen atoms in total. The van der Waals surface area contributed by atoms with Crippen LogP contribution in [-0.4, -0.2) is 35.0 Å². The zero-order valence-electron chi connectivity index (χ0n) is 14.8. The summed E-state index contributed by atoms with van der Waals surface area (Å²) in [5.74, 6) is 0.628. The van der Waals surface area contributed by atoms with Crippen LogP contribution in [0.2, 0.25) is 0 Å². The van der Waals surface area contributed by atoms with Gasteiger partial charge in [0.1, 0.15) is 0 Å². The van der Waals surface area contributed by atoms with Crippen molar-refractivity contribution in [3.05, 3.63) is 11.9 Å². The van der Waals surface area contributed by atoms with E-state index in [4.69, 9.17) is 0 Å². The molecule has 0 bridgehead atoms. The minimum atomic E-state index is 0.273. The summed E-state index contributed by atoms with van der Waals surface area (Å²) < 4.78 is 1.96. The summed E-state index contributed by atoms with van der Waals surface area (Å²) >= 11 is 0. The van der Waals surface area contributed by atoms with Crippen molar-refractivity contribution in [3.8, 4) is 0 Å². The predicted molar refractivity (Wildman–Crippen MR) is 89.8 cm³/mol. The third-order valence-electron chi connectivity index (χ3n) is 4.70. The molecule has 2 rings (SSSR count). The van der Waals surface area contributed by atoms with Crippen LogP contribution in [0.4, 0.5) is 5.69 Å². The van der Waals surface area contributed by atoms with Gasteiger partial charge in [-0.25, -0.2) is 0 Å². The van der Waals surface area contributed by atoms with E-state index in [0.717, 1.165) is 19.5 Å². The smallest absolute Gasteiger partial charge is 0.0855 e. The fraction of sp³-hybridized carbons (Fsp3) is 0.824. The standard InChI is InChI=1S/C17H32N4/c1-8-13-15(10-20(7)19-13)21-11-16(17(4,5)6)18-9-14(21)12(2)3/h10,12,14,16,18H,8-9,11H2,1-7H3. The Balaban J connectivity index is 2.33. The van der Waals surface area contributed by atoms with Crippen LogP contribution in [0, 0.1) is 11.3 Å². The van der Waals surface area contributed by atoms with Crippen molar-refractivity contribution in [2.75, 3.05) is 18.0 Å². The molecule has 1 N–H and O–H groups in total. The first-order chi connectivity index (χ1) is 9.74. The Labute approximate surface area is 129 Å². The third kappa shape index (κ3) is 3.42. The SMILES string of the molecule is CCc1nn(C)cc1N1CC(C(C)(C)C)NCC1C(C)C. The van der Waals surface area contributed by atoms with Gasteiger partial charge in [-0.15, -0.1) is 0 Å². The Morgan fingerprint density at radius 3 is 2.57 bits per heavy atom. The van der Waals surface area contributed by atoms with Gasteiger partial charge in [0.15, 0.2) is 0 Å². The van der Waals surface area contributed by atoms with Crippen molar-refractivity contribution < 1.29 is 0 Å². The molecular weight excluding hydrogens is 260 g/mol. The lowest BCUT2D eigenvalue weighted by molar-refractivity contribution is 0.220. The molecule has 2 atom stereocenters. The quantitative estimate of drug-likeness (QED) is 0.930. The molecule has 1 aliphatic heterocycles. The van der Waals surface area contributed by atoms with Crippen molar-refractivity contribution in [1.82, 2.24) is 15.1 Å². The van der Waals surface area contributed by atoms with Gasteiger partial charge in [-0.05, 0) is 17.8 Å². The van der Waals surface area contributed by atoms with Crippen molar-refractivity contribution in [2.45, 2.75) is 60.0 Å². The number of piperazine rings is 1. The maximum Gasteiger partial charge on any atom is 0.0855 e. The Bertz CT molecular complexity index is 470. The van der Waals surface area contributed by atoms with E-state index in [1.807, 2.05) is 11.7 Å². The number of aromatic nitrogens is 2. The van der Waals surface area contributed by atoms with Gasteiger partial charge in [-0.1, -0.05) is 41.5 Å². The second-order valence-corrected chi connectivity index (χ2v) is 7.78. The van der Waals surface area contributed by atoms with E-state index >= 15 is 0 Å². The third-order valence-corrected chi connectivity index (χ3v) is 4.70. The molecule has 0 radical (unpaired) electrons. The van der Waals surface area contributed by atoms with Crippen molar-refractivity contribution in [2.24, 2.45) is 18.4 Å². The van der Waals surface area contributed by atoms with Crippen LogP contribution in [0.25, 0.3) is 0 Å². The molecule has 0 aromatic carbocycles. The number of hydrogen-bond acceptors (Lipinski definition) is 3. The molecule has 2 unspecified atom stereocenters. The molecule has 0 aliphatic carbocycles. The molecule has 0 saturated carbocycles. The number of aryl methyl sites for hydroxylation is 2. The van der Waals surface area contributed by atoms with Crippen LogP contribution in [0.5, 0.6) is 0 Å². The number of hydrogen-bond donors (Lipinski definition) is 1. The molecule has 1 aliphatic rings. The van der Waals surface area contributed by atoms with E-state index in [0.29, 0.717) is 18.0 Å². The molecular formula is C17H32N4. The highest BCUT2D eigenvalue weighted by atomic mass is 15.3. The summed E-state index contributed by atoms with van der Waals surface area (Å²) in [6.07, 6.45) is 3.18. The van der Waals surface area contributed by atoms with Crippen LogP contribution in [0.15, 0.2) is 6.20 Å². The lowest BCUT2D eigenvalue weighted by Gasteiger charge is -2.47. The maximum absolute atomic E-state index is 4.64. The predicted octanol–water partition coefficient (Wildman–Crippen LogP) is 2.83. The molecule has 4 heteroatoms. The Morgan fingerprint density at radius 2 is 2.05 bits per heavy atom. The highest BCUT2D eigenvalue weighted by molar-refractivity contribution is 5.51. The number of rotatable bonds is 3. The van der Waals surface area contributed by atoms with Crippen LogP contribution >= 0.6 is 0 Å². The zero-order valence-corrected chi connectivity index (χ0v) is 14.8. The first-order valence-electron chi connectivity index (χ1n) is 8.26. The largest absolute Gasteiger partial charge is 0.363 e. The number of anilines is 1. The molecule has 1 saturated heterocycles. The van der Waals surface area contributed by atoms with Crippen molar-refractivity contribution >= 4 is 5.69 Å². The molecule has 1 fully saturated rings. The molecule has 0 spiro atoms. The van der Waals surface area contributed by atoms with Crippen molar-refractivity contribution in [3.63, 3.8) is 0 Å². The summed E-state index contributed by atoms with van der Waals surface area (Å²) in [5.41, 5.74) is 2.82. The average Bonchev–Trinajstić information content (AvgIpc) is 2.78. The van der Waals surface area contributed by atoms with Gasteiger partial charge in [0, 0.05) is 38.4 Å². The lowest BCUT2D eigenvalue weighted by atomic mass is 9.83. The van der Waals surface area contributed by atoms with Crippen LogP contribution in [0.1, 0.15) is 47.2 Å². The van der Waals surface area contributed by atoms with Gasteiger partial charge in [0.05, 0.1) is 11.4 Å². The topological polar surface area (TPSA) is 33.1 Å². The van der Waals surface area contributed by atoms with Gasteiger partial charge >= 0.3 is 0 Å². The highest BCUT2D eigenvalue weighted by Crippen LogP contribution is 2.31. The fourth-order valence-corrected chi connectivity index (χ4v) is 3.24. The van der Waals surface area contributed by atoms with E-state index in [2.05, 4.69) is 63.1 Å². The molecule has 1 aromatic heterocycles. The lowest BCUT2D eigenvalue weighted by Crippen LogP contribution is -2.62. The molecule has 21 heavy (non-hydrogen) atoms. The normalized spacial score (nSPS) is 23.9. The molecule has 1 aromatic rings. The summed E-state index contributed by atoms with van der Waals surface area (Å²) in [7, 11) is 2.02. The maximum atomic E-state index is 4.64. The van der Waals surface area contributed by atoms with Gasteiger partial charge in [0.25, 0.3) is 0 Å². The second kappa shape index (κ2) is 5.99. The Kier molecular flexibility index (Phi) is 4.66. The monoisotopic (exact) mass is 292 g/mol. The van der Waals surface area contributed by atoms with Crippen LogP contribution in [0.3, 0.4) is 0 Å². The van der Waals surface area contributed by atoms with Crippen molar-refractivity contribution in [1.29, 1.82) is 0 Å². The number of nitrogens with one attached hydrogen (secondary N) is 1. The Morgan fingerprint density at radius 1 is 1.38 bits per heavy atom. The highest BCUT2D eigenvalue weighted by Gasteiger charge is 2.36. The summed E-state index contributed by atoms with van der Waals surface area (Å²) in [5, 5.41) is 8.41. The summed E-state index contributed by atoms with van der Waals surface area (Å²) in [6.45, 7) is 15.9. The zero-order chi connectivity index (χ0) is 15.8. The minimum absolute atomic E-state index is 0.273. The van der Waals surface area contributed by atoms with Gasteiger partial charge in [-0.3, -0.25) is 4.68 Å². The second-order valence-electron chi connectivity index (χ2n) is 7.78.